The van der Waals surface area contributed by atoms with Crippen LogP contribution in [0.5, 0.6) is 0 Å². The van der Waals surface area contributed by atoms with E-state index < -0.39 is 29.0 Å². The fraction of sp³-hybridized carbons (Fsp3) is 0. The van der Waals surface area contributed by atoms with E-state index in [9.17, 15) is 18.0 Å². The first-order chi connectivity index (χ1) is 8.49. The van der Waals surface area contributed by atoms with E-state index in [0.29, 0.717) is 0 Å². The Morgan fingerprint density at radius 3 is 2.28 bits per heavy atom. The molecule has 0 saturated heterocycles. The van der Waals surface area contributed by atoms with Gasteiger partial charge in [-0.25, -0.2) is 18.0 Å². The molecule has 5 heteroatoms. The molecule has 0 aliphatic carbocycles. The SMILES string of the molecule is O=C(O)c1ccc(-c2cc(F)ccc2F)cc1F. The number of halogens is 3. The molecule has 0 aliphatic heterocycles. The summed E-state index contributed by atoms with van der Waals surface area (Å²) in [5.74, 6) is -3.78. The average Bonchev–Trinajstić information content (AvgIpc) is 2.31. The zero-order valence-electron chi connectivity index (χ0n) is 8.95. The van der Waals surface area contributed by atoms with E-state index in [1.165, 1.54) is 6.07 Å². The van der Waals surface area contributed by atoms with E-state index in [-0.39, 0.29) is 11.1 Å². The number of rotatable bonds is 2. The molecule has 0 heterocycles. The minimum absolute atomic E-state index is 0.0782. The van der Waals surface area contributed by atoms with Crippen molar-refractivity contribution in [1.82, 2.24) is 0 Å². The summed E-state index contributed by atoms with van der Waals surface area (Å²) in [6, 6.07) is 5.89. The van der Waals surface area contributed by atoms with Crippen LogP contribution in [0.4, 0.5) is 13.2 Å². The summed E-state index contributed by atoms with van der Waals surface area (Å²) >= 11 is 0. The van der Waals surface area contributed by atoms with Crippen LogP contribution >= 0.6 is 0 Å². The molecule has 0 aliphatic rings. The molecule has 0 bridgehead atoms. The Hall–Kier alpha value is -2.30. The van der Waals surface area contributed by atoms with Crippen molar-refractivity contribution in [2.75, 3.05) is 0 Å². The zero-order valence-corrected chi connectivity index (χ0v) is 8.95. The molecule has 0 amide bonds. The Morgan fingerprint density at radius 1 is 0.944 bits per heavy atom. The van der Waals surface area contributed by atoms with Gasteiger partial charge in [0.15, 0.2) is 0 Å². The molecule has 0 spiro atoms. The van der Waals surface area contributed by atoms with Gasteiger partial charge in [-0.3, -0.25) is 0 Å². The molecule has 2 aromatic rings. The first kappa shape index (κ1) is 12.2. The lowest BCUT2D eigenvalue weighted by molar-refractivity contribution is 0.0692. The molecule has 0 saturated carbocycles. The van der Waals surface area contributed by atoms with Crippen molar-refractivity contribution < 1.29 is 23.1 Å². The first-order valence-electron chi connectivity index (χ1n) is 4.97. The molecule has 0 radical (unpaired) electrons. The number of carboxylic acids is 1. The van der Waals surface area contributed by atoms with Crippen molar-refractivity contribution in [2.45, 2.75) is 0 Å². The monoisotopic (exact) mass is 252 g/mol. The number of carboxylic acid groups (broad SMARTS) is 1. The molecule has 0 fully saturated rings. The molecule has 0 atom stereocenters. The normalized spacial score (nSPS) is 10.4. The Kier molecular flexibility index (Phi) is 3.06. The summed E-state index contributed by atoms with van der Waals surface area (Å²) in [5, 5.41) is 8.65. The lowest BCUT2D eigenvalue weighted by Gasteiger charge is -2.05. The van der Waals surface area contributed by atoms with Crippen molar-refractivity contribution in [3.63, 3.8) is 0 Å². The maximum atomic E-state index is 13.4. The Bertz CT molecular complexity index is 624. The third-order valence-corrected chi connectivity index (χ3v) is 2.44. The molecule has 2 aromatic carbocycles. The Balaban J connectivity index is 2.55. The summed E-state index contributed by atoms with van der Waals surface area (Å²) in [7, 11) is 0. The van der Waals surface area contributed by atoms with Gasteiger partial charge in [-0.1, -0.05) is 6.07 Å². The number of carbonyl (C=O) groups is 1. The molecule has 2 nitrogen and oxygen atoms in total. The van der Waals surface area contributed by atoms with Crippen LogP contribution in [0.2, 0.25) is 0 Å². The number of hydrogen-bond acceptors (Lipinski definition) is 1. The van der Waals surface area contributed by atoms with Crippen molar-refractivity contribution in [2.24, 2.45) is 0 Å². The van der Waals surface area contributed by atoms with Gasteiger partial charge in [0.05, 0.1) is 5.56 Å². The second-order valence-corrected chi connectivity index (χ2v) is 3.62. The van der Waals surface area contributed by atoms with Gasteiger partial charge in [-0.05, 0) is 35.9 Å². The summed E-state index contributed by atoms with van der Waals surface area (Å²) in [6.45, 7) is 0. The fourth-order valence-electron chi connectivity index (χ4n) is 1.57. The van der Waals surface area contributed by atoms with E-state index in [4.69, 9.17) is 5.11 Å². The van der Waals surface area contributed by atoms with E-state index >= 15 is 0 Å². The van der Waals surface area contributed by atoms with Crippen LogP contribution in [0, 0.1) is 17.5 Å². The van der Waals surface area contributed by atoms with Crippen LogP contribution in [0.1, 0.15) is 10.4 Å². The Labute approximate surface area is 100 Å². The summed E-state index contributed by atoms with van der Waals surface area (Å²) < 4.78 is 39.8. The number of benzene rings is 2. The van der Waals surface area contributed by atoms with Gasteiger partial charge < -0.3 is 5.11 Å². The van der Waals surface area contributed by atoms with Crippen LogP contribution in [0.25, 0.3) is 11.1 Å². The van der Waals surface area contributed by atoms with Gasteiger partial charge in [0, 0.05) is 5.56 Å². The van der Waals surface area contributed by atoms with E-state index in [1.807, 2.05) is 0 Å². The summed E-state index contributed by atoms with van der Waals surface area (Å²) in [4.78, 5) is 10.6. The van der Waals surface area contributed by atoms with Crippen molar-refractivity contribution in [1.29, 1.82) is 0 Å². The van der Waals surface area contributed by atoms with Gasteiger partial charge in [-0.15, -0.1) is 0 Å². The molecule has 0 aromatic heterocycles. The quantitative estimate of drug-likeness (QED) is 0.888. The minimum atomic E-state index is -1.42. The van der Waals surface area contributed by atoms with Crippen LogP contribution in [-0.4, -0.2) is 11.1 Å². The van der Waals surface area contributed by atoms with E-state index in [2.05, 4.69) is 0 Å². The molecule has 18 heavy (non-hydrogen) atoms. The van der Waals surface area contributed by atoms with E-state index in [0.717, 1.165) is 30.3 Å². The smallest absolute Gasteiger partial charge is 0.338 e. The molecule has 2 rings (SSSR count). The van der Waals surface area contributed by atoms with Crippen molar-refractivity contribution in [3.05, 3.63) is 59.4 Å². The Morgan fingerprint density at radius 2 is 1.67 bits per heavy atom. The predicted octanol–water partition coefficient (Wildman–Crippen LogP) is 3.47. The highest BCUT2D eigenvalue weighted by molar-refractivity contribution is 5.88. The van der Waals surface area contributed by atoms with E-state index in [1.54, 1.807) is 0 Å². The van der Waals surface area contributed by atoms with Crippen LogP contribution < -0.4 is 0 Å². The molecular weight excluding hydrogens is 245 g/mol. The lowest BCUT2D eigenvalue weighted by Crippen LogP contribution is -2.00. The van der Waals surface area contributed by atoms with Crippen molar-refractivity contribution in [3.8, 4) is 11.1 Å². The minimum Gasteiger partial charge on any atom is -0.478 e. The fourth-order valence-corrected chi connectivity index (χ4v) is 1.57. The zero-order chi connectivity index (χ0) is 13.3. The maximum Gasteiger partial charge on any atom is 0.338 e. The first-order valence-corrected chi connectivity index (χ1v) is 4.97. The topological polar surface area (TPSA) is 37.3 Å². The summed E-state index contributed by atoms with van der Waals surface area (Å²) in [5.41, 5.74) is -0.559. The van der Waals surface area contributed by atoms with Crippen LogP contribution in [-0.2, 0) is 0 Å². The number of aromatic carboxylic acids is 1. The summed E-state index contributed by atoms with van der Waals surface area (Å²) in [6.07, 6.45) is 0. The number of hydrogen-bond donors (Lipinski definition) is 1. The highest BCUT2D eigenvalue weighted by Crippen LogP contribution is 2.25. The predicted molar refractivity (Wildman–Crippen MR) is 58.7 cm³/mol. The standard InChI is InChI=1S/C13H7F3O2/c14-8-2-4-11(15)10(6-8)7-1-3-9(13(17)18)12(16)5-7/h1-6H,(H,17,18). The lowest BCUT2D eigenvalue weighted by atomic mass is 10.0. The van der Waals surface area contributed by atoms with Crippen LogP contribution in [0.3, 0.4) is 0 Å². The van der Waals surface area contributed by atoms with Gasteiger partial charge in [0.25, 0.3) is 0 Å². The van der Waals surface area contributed by atoms with Gasteiger partial charge >= 0.3 is 5.97 Å². The van der Waals surface area contributed by atoms with Crippen LogP contribution in [0.15, 0.2) is 36.4 Å². The van der Waals surface area contributed by atoms with Gasteiger partial charge in [0.1, 0.15) is 17.5 Å². The average molecular weight is 252 g/mol. The second-order valence-electron chi connectivity index (χ2n) is 3.62. The highest BCUT2D eigenvalue weighted by Gasteiger charge is 2.13. The molecule has 1 N–H and O–H groups in total. The third-order valence-electron chi connectivity index (χ3n) is 2.44. The second kappa shape index (κ2) is 4.52. The molecular formula is C13H7F3O2. The molecule has 0 unspecified atom stereocenters. The van der Waals surface area contributed by atoms with Gasteiger partial charge in [0.2, 0.25) is 0 Å². The largest absolute Gasteiger partial charge is 0.478 e. The molecule has 92 valence electrons. The third kappa shape index (κ3) is 2.20. The maximum absolute atomic E-state index is 13.4. The highest BCUT2D eigenvalue weighted by atomic mass is 19.1. The van der Waals surface area contributed by atoms with Crippen molar-refractivity contribution >= 4 is 5.97 Å². The van der Waals surface area contributed by atoms with Gasteiger partial charge in [-0.2, -0.15) is 0 Å².